The maximum Gasteiger partial charge on any atom is 0.193 e. The highest BCUT2D eigenvalue weighted by atomic mass is 127. The van der Waals surface area contributed by atoms with E-state index in [1.54, 1.807) is 19.2 Å². The van der Waals surface area contributed by atoms with Crippen molar-refractivity contribution in [3.8, 4) is 5.75 Å². The van der Waals surface area contributed by atoms with Crippen molar-refractivity contribution in [2.24, 2.45) is 10.7 Å². The number of guanidine groups is 1. The molecule has 2 aromatic carbocycles. The van der Waals surface area contributed by atoms with Gasteiger partial charge in [-0.05, 0) is 48.4 Å². The quantitative estimate of drug-likeness (QED) is 0.258. The minimum atomic E-state index is 0. The number of ether oxygens (including phenoxy) is 1. The predicted molar refractivity (Wildman–Crippen MR) is 121 cm³/mol. The third kappa shape index (κ3) is 4.96. The van der Waals surface area contributed by atoms with Gasteiger partial charge in [0.1, 0.15) is 5.75 Å². The number of H-pyrrole nitrogens is 1. The lowest BCUT2D eigenvalue weighted by molar-refractivity contribution is 0.415. The molecule has 0 spiro atoms. The highest BCUT2D eigenvalue weighted by Crippen LogP contribution is 2.27. The standard InChI is InChI=1S/C18H18Cl2N4O.HI/c1-25-17-5-3-13(9-15(17)20)24-18(21)22-7-6-11-10-23-16-4-2-12(19)8-14(11)16;/h2-5,8-10,23H,6-7H2,1H3,(H3,21,22,24);1H. The maximum atomic E-state index is 6.09. The van der Waals surface area contributed by atoms with E-state index in [9.17, 15) is 0 Å². The van der Waals surface area contributed by atoms with Gasteiger partial charge in [0.2, 0.25) is 0 Å². The monoisotopic (exact) mass is 504 g/mol. The lowest BCUT2D eigenvalue weighted by Gasteiger charge is -2.08. The van der Waals surface area contributed by atoms with Gasteiger partial charge in [0.15, 0.2) is 5.96 Å². The van der Waals surface area contributed by atoms with E-state index in [0.717, 1.165) is 33.6 Å². The van der Waals surface area contributed by atoms with Gasteiger partial charge < -0.3 is 20.8 Å². The van der Waals surface area contributed by atoms with Gasteiger partial charge in [-0.1, -0.05) is 23.2 Å². The van der Waals surface area contributed by atoms with Crippen LogP contribution in [0, 0.1) is 0 Å². The van der Waals surface area contributed by atoms with Crippen molar-refractivity contribution in [3.63, 3.8) is 0 Å². The van der Waals surface area contributed by atoms with Crippen LogP contribution >= 0.6 is 47.2 Å². The Morgan fingerprint density at radius 3 is 2.77 bits per heavy atom. The zero-order valence-corrected chi connectivity index (χ0v) is 17.9. The van der Waals surface area contributed by atoms with Gasteiger partial charge in [0, 0.05) is 34.4 Å². The van der Waals surface area contributed by atoms with Gasteiger partial charge in [-0.2, -0.15) is 0 Å². The lowest BCUT2D eigenvalue weighted by Crippen LogP contribution is -2.23. The number of hydrogen-bond donors (Lipinski definition) is 3. The van der Waals surface area contributed by atoms with E-state index < -0.39 is 0 Å². The molecule has 0 fully saturated rings. The Morgan fingerprint density at radius 1 is 1.23 bits per heavy atom. The van der Waals surface area contributed by atoms with Crippen LogP contribution in [0.5, 0.6) is 5.75 Å². The number of nitrogens with zero attached hydrogens (tertiary/aromatic N) is 1. The Balaban J connectivity index is 0.00000243. The van der Waals surface area contributed by atoms with E-state index in [4.69, 9.17) is 33.7 Å². The smallest absolute Gasteiger partial charge is 0.193 e. The number of benzene rings is 2. The average molecular weight is 505 g/mol. The second-order valence-corrected chi connectivity index (χ2v) is 6.34. The van der Waals surface area contributed by atoms with E-state index in [0.29, 0.717) is 23.3 Å². The number of anilines is 1. The van der Waals surface area contributed by atoms with E-state index in [2.05, 4.69) is 15.3 Å². The molecule has 0 aliphatic rings. The Bertz CT molecular complexity index is 927. The first-order chi connectivity index (χ1) is 12.1. The average Bonchev–Trinajstić information content (AvgIpc) is 2.97. The molecule has 5 nitrogen and oxygen atoms in total. The summed E-state index contributed by atoms with van der Waals surface area (Å²) >= 11 is 12.2. The molecule has 1 heterocycles. The molecule has 8 heteroatoms. The molecule has 3 aromatic rings. The largest absolute Gasteiger partial charge is 0.495 e. The van der Waals surface area contributed by atoms with E-state index in [1.807, 2.05) is 30.5 Å². The van der Waals surface area contributed by atoms with Crippen molar-refractivity contribution >= 4 is 69.7 Å². The van der Waals surface area contributed by atoms with E-state index >= 15 is 0 Å². The number of halogens is 3. The molecule has 3 rings (SSSR count). The number of nitrogens with two attached hydrogens (primary N) is 1. The molecule has 0 aliphatic carbocycles. The van der Waals surface area contributed by atoms with Crippen LogP contribution < -0.4 is 15.8 Å². The highest BCUT2D eigenvalue weighted by Gasteiger charge is 2.05. The Kier molecular flexibility index (Phi) is 7.43. The van der Waals surface area contributed by atoms with Crippen LogP contribution in [-0.2, 0) is 6.42 Å². The summed E-state index contributed by atoms with van der Waals surface area (Å²) in [6, 6.07) is 11.1. The predicted octanol–water partition coefficient (Wildman–Crippen LogP) is 5.07. The fourth-order valence-corrected chi connectivity index (χ4v) is 3.02. The maximum absolute atomic E-state index is 6.09. The molecule has 138 valence electrons. The number of hydrogen-bond acceptors (Lipinski definition) is 2. The number of aliphatic imine (C=N–C) groups is 1. The van der Waals surface area contributed by atoms with Crippen LogP contribution in [0.1, 0.15) is 5.56 Å². The summed E-state index contributed by atoms with van der Waals surface area (Å²) < 4.78 is 5.12. The van der Waals surface area contributed by atoms with Crippen molar-refractivity contribution in [1.82, 2.24) is 4.98 Å². The van der Waals surface area contributed by atoms with E-state index in [-0.39, 0.29) is 24.0 Å². The first-order valence-corrected chi connectivity index (χ1v) is 8.48. The topological polar surface area (TPSA) is 75.4 Å². The first kappa shape index (κ1) is 20.7. The molecule has 0 bridgehead atoms. The summed E-state index contributed by atoms with van der Waals surface area (Å²) in [5, 5.41) is 5.35. The van der Waals surface area contributed by atoms with Crippen LogP contribution in [0.15, 0.2) is 47.6 Å². The van der Waals surface area contributed by atoms with Gasteiger partial charge in [0.25, 0.3) is 0 Å². The molecular formula is C18H19Cl2IN4O. The van der Waals surface area contributed by atoms with Crippen LogP contribution in [0.4, 0.5) is 5.69 Å². The van der Waals surface area contributed by atoms with Crippen LogP contribution in [0.25, 0.3) is 10.9 Å². The molecule has 0 aliphatic heterocycles. The third-order valence-corrected chi connectivity index (χ3v) is 4.35. The molecule has 0 saturated heterocycles. The zero-order chi connectivity index (χ0) is 17.8. The molecular weight excluding hydrogens is 486 g/mol. The van der Waals surface area contributed by atoms with Crippen molar-refractivity contribution in [3.05, 3.63) is 58.2 Å². The second-order valence-electron chi connectivity index (χ2n) is 5.50. The van der Waals surface area contributed by atoms with Crippen molar-refractivity contribution < 1.29 is 4.74 Å². The van der Waals surface area contributed by atoms with Gasteiger partial charge in [-0.25, -0.2) is 0 Å². The SMILES string of the molecule is COc1ccc(NC(N)=NCCc2c[nH]c3ccc(Cl)cc23)cc1Cl.I. The number of methoxy groups -OCH3 is 1. The van der Waals surface area contributed by atoms with Crippen molar-refractivity contribution in [2.75, 3.05) is 19.0 Å². The second kappa shape index (κ2) is 9.34. The fourth-order valence-electron chi connectivity index (χ4n) is 2.59. The summed E-state index contributed by atoms with van der Waals surface area (Å²) in [5.41, 5.74) is 8.91. The zero-order valence-electron chi connectivity index (χ0n) is 14.1. The molecule has 1 aromatic heterocycles. The van der Waals surface area contributed by atoms with Gasteiger partial charge in [-0.3, -0.25) is 4.99 Å². The minimum absolute atomic E-state index is 0. The Hall–Kier alpha value is -1.64. The first-order valence-electron chi connectivity index (χ1n) is 7.73. The van der Waals surface area contributed by atoms with Crippen molar-refractivity contribution in [2.45, 2.75) is 6.42 Å². The molecule has 0 unspecified atom stereocenters. The lowest BCUT2D eigenvalue weighted by atomic mass is 10.1. The number of rotatable bonds is 5. The number of fused-ring (bicyclic) bond motifs is 1. The molecule has 4 N–H and O–H groups in total. The molecule has 0 atom stereocenters. The Labute approximate surface area is 178 Å². The summed E-state index contributed by atoms with van der Waals surface area (Å²) in [7, 11) is 1.57. The highest BCUT2D eigenvalue weighted by molar-refractivity contribution is 14.0. The van der Waals surface area contributed by atoms with Crippen LogP contribution in [-0.4, -0.2) is 24.6 Å². The number of aromatic nitrogens is 1. The normalized spacial score (nSPS) is 11.3. The Morgan fingerprint density at radius 2 is 2.04 bits per heavy atom. The van der Waals surface area contributed by atoms with E-state index in [1.165, 1.54) is 0 Å². The van der Waals surface area contributed by atoms with Crippen LogP contribution in [0.2, 0.25) is 10.0 Å². The molecule has 0 amide bonds. The molecule has 0 saturated carbocycles. The van der Waals surface area contributed by atoms with Gasteiger partial charge in [-0.15, -0.1) is 24.0 Å². The molecule has 0 radical (unpaired) electrons. The number of nitrogens with one attached hydrogen (secondary N) is 2. The summed E-state index contributed by atoms with van der Waals surface area (Å²) in [5.74, 6) is 0.944. The van der Waals surface area contributed by atoms with Crippen molar-refractivity contribution in [1.29, 1.82) is 0 Å². The summed E-state index contributed by atoms with van der Waals surface area (Å²) in [4.78, 5) is 7.59. The number of aromatic amines is 1. The third-order valence-electron chi connectivity index (χ3n) is 3.82. The minimum Gasteiger partial charge on any atom is -0.495 e. The summed E-state index contributed by atoms with van der Waals surface area (Å²) in [6.07, 6.45) is 2.73. The van der Waals surface area contributed by atoms with Gasteiger partial charge in [0.05, 0.1) is 12.1 Å². The van der Waals surface area contributed by atoms with Crippen LogP contribution in [0.3, 0.4) is 0 Å². The fraction of sp³-hybridized carbons (Fsp3) is 0.167. The van der Waals surface area contributed by atoms with Gasteiger partial charge >= 0.3 is 0 Å². The molecule has 26 heavy (non-hydrogen) atoms. The summed E-state index contributed by atoms with van der Waals surface area (Å²) in [6.45, 7) is 0.558.